The quantitative estimate of drug-likeness (QED) is 0.831. The van der Waals surface area contributed by atoms with Gasteiger partial charge in [0.15, 0.2) is 0 Å². The molecule has 88 valence electrons. The van der Waals surface area contributed by atoms with E-state index in [0.717, 1.165) is 17.0 Å². The lowest BCUT2D eigenvalue weighted by Crippen LogP contribution is -2.11. The summed E-state index contributed by atoms with van der Waals surface area (Å²) in [6.45, 7) is 0. The van der Waals surface area contributed by atoms with E-state index >= 15 is 0 Å². The lowest BCUT2D eigenvalue weighted by atomic mass is 9.84. The molecule has 0 aromatic heterocycles. The van der Waals surface area contributed by atoms with E-state index in [4.69, 9.17) is 11.6 Å². The number of aliphatic hydroxyl groups is 1. The van der Waals surface area contributed by atoms with Gasteiger partial charge in [0, 0.05) is 5.02 Å². The molecule has 0 heterocycles. The van der Waals surface area contributed by atoms with Gasteiger partial charge in [-0.3, -0.25) is 0 Å². The molecular formula is C14H19ClO. The van der Waals surface area contributed by atoms with E-state index in [1.54, 1.807) is 0 Å². The molecule has 2 rings (SSSR count). The number of hydrogen-bond donors (Lipinski definition) is 1. The molecule has 1 aromatic rings. The van der Waals surface area contributed by atoms with Crippen LogP contribution in [0.2, 0.25) is 5.02 Å². The molecule has 16 heavy (non-hydrogen) atoms. The fraction of sp³-hybridized carbons (Fsp3) is 0.571. The first-order chi connectivity index (χ1) is 7.75. The van der Waals surface area contributed by atoms with Gasteiger partial charge in [-0.15, -0.1) is 0 Å². The van der Waals surface area contributed by atoms with Crippen LogP contribution in [-0.2, 0) is 0 Å². The fourth-order valence-electron chi connectivity index (χ4n) is 2.56. The van der Waals surface area contributed by atoms with Gasteiger partial charge in [-0.2, -0.15) is 0 Å². The Morgan fingerprint density at radius 1 is 1.12 bits per heavy atom. The Labute approximate surface area is 102 Å². The predicted molar refractivity (Wildman–Crippen MR) is 67.6 cm³/mol. The normalized spacial score (nSPS) is 19.6. The minimum atomic E-state index is -0.319. The van der Waals surface area contributed by atoms with Crippen molar-refractivity contribution in [3.63, 3.8) is 0 Å². The van der Waals surface area contributed by atoms with E-state index in [1.165, 1.54) is 32.1 Å². The van der Waals surface area contributed by atoms with Crippen LogP contribution in [0, 0.1) is 5.92 Å². The van der Waals surface area contributed by atoms with Crippen molar-refractivity contribution in [3.05, 3.63) is 34.9 Å². The van der Waals surface area contributed by atoms with Crippen molar-refractivity contribution in [1.29, 1.82) is 0 Å². The highest BCUT2D eigenvalue weighted by Crippen LogP contribution is 2.31. The van der Waals surface area contributed by atoms with Crippen molar-refractivity contribution in [3.8, 4) is 0 Å². The zero-order valence-electron chi connectivity index (χ0n) is 9.53. The number of aliphatic hydroxyl groups excluding tert-OH is 1. The van der Waals surface area contributed by atoms with Gasteiger partial charge >= 0.3 is 0 Å². The third-order valence-corrected chi connectivity index (χ3v) is 3.79. The molecule has 1 saturated carbocycles. The Balaban J connectivity index is 1.91. The molecule has 1 unspecified atom stereocenters. The van der Waals surface area contributed by atoms with Crippen LogP contribution in [0.4, 0.5) is 0 Å². The SMILES string of the molecule is OC(CC1CCCCC1)c1ccc(Cl)cc1. The van der Waals surface area contributed by atoms with E-state index in [1.807, 2.05) is 24.3 Å². The van der Waals surface area contributed by atoms with Gasteiger partial charge in [0.05, 0.1) is 6.10 Å². The summed E-state index contributed by atoms with van der Waals surface area (Å²) in [6, 6.07) is 7.55. The van der Waals surface area contributed by atoms with Crippen LogP contribution in [0.1, 0.15) is 50.2 Å². The minimum absolute atomic E-state index is 0.319. The summed E-state index contributed by atoms with van der Waals surface area (Å²) in [7, 11) is 0. The summed E-state index contributed by atoms with van der Waals surface area (Å²) in [5, 5.41) is 10.9. The lowest BCUT2D eigenvalue weighted by Gasteiger charge is -2.24. The summed E-state index contributed by atoms with van der Waals surface area (Å²) < 4.78 is 0. The molecule has 0 aliphatic heterocycles. The second-order valence-electron chi connectivity index (χ2n) is 4.81. The van der Waals surface area contributed by atoms with Crippen molar-refractivity contribution in [2.24, 2.45) is 5.92 Å². The predicted octanol–water partition coefficient (Wildman–Crippen LogP) is 4.34. The topological polar surface area (TPSA) is 20.2 Å². The van der Waals surface area contributed by atoms with Crippen LogP contribution in [-0.4, -0.2) is 5.11 Å². The first-order valence-corrected chi connectivity index (χ1v) is 6.57. The maximum absolute atomic E-state index is 10.1. The molecule has 1 atom stereocenters. The number of benzene rings is 1. The summed E-state index contributed by atoms with van der Waals surface area (Å²) in [5.74, 6) is 0.708. The van der Waals surface area contributed by atoms with Gasteiger partial charge in [0.2, 0.25) is 0 Å². The Morgan fingerprint density at radius 3 is 2.38 bits per heavy atom. The highest BCUT2D eigenvalue weighted by Gasteiger charge is 2.18. The molecule has 1 N–H and O–H groups in total. The summed E-state index contributed by atoms with van der Waals surface area (Å²) in [5.41, 5.74) is 0.995. The molecule has 1 fully saturated rings. The largest absolute Gasteiger partial charge is 0.388 e. The number of halogens is 1. The van der Waals surface area contributed by atoms with Crippen LogP contribution >= 0.6 is 11.6 Å². The molecular weight excluding hydrogens is 220 g/mol. The second-order valence-corrected chi connectivity index (χ2v) is 5.24. The Bertz CT molecular complexity index is 314. The van der Waals surface area contributed by atoms with Gasteiger partial charge in [-0.05, 0) is 30.0 Å². The molecule has 1 aliphatic carbocycles. The molecule has 0 spiro atoms. The molecule has 1 aliphatic rings. The van der Waals surface area contributed by atoms with Crippen LogP contribution in [0.3, 0.4) is 0 Å². The molecule has 0 saturated heterocycles. The Hall–Kier alpha value is -0.530. The van der Waals surface area contributed by atoms with Gasteiger partial charge in [0.25, 0.3) is 0 Å². The van der Waals surface area contributed by atoms with Crippen LogP contribution in [0.25, 0.3) is 0 Å². The van der Waals surface area contributed by atoms with Gasteiger partial charge < -0.3 is 5.11 Å². The average Bonchev–Trinajstić information content (AvgIpc) is 2.31. The van der Waals surface area contributed by atoms with Gasteiger partial charge in [-0.1, -0.05) is 55.8 Å². The zero-order valence-corrected chi connectivity index (χ0v) is 10.3. The molecule has 0 radical (unpaired) electrons. The summed E-state index contributed by atoms with van der Waals surface area (Å²) >= 11 is 5.83. The van der Waals surface area contributed by atoms with Crippen molar-refractivity contribution in [2.45, 2.75) is 44.6 Å². The molecule has 1 nitrogen and oxygen atoms in total. The van der Waals surface area contributed by atoms with E-state index in [-0.39, 0.29) is 6.10 Å². The Morgan fingerprint density at radius 2 is 1.75 bits per heavy atom. The average molecular weight is 239 g/mol. The Kier molecular flexibility index (Phi) is 4.25. The van der Waals surface area contributed by atoms with Crippen molar-refractivity contribution >= 4 is 11.6 Å². The highest BCUT2D eigenvalue weighted by atomic mass is 35.5. The second kappa shape index (κ2) is 5.70. The molecule has 0 bridgehead atoms. The summed E-state index contributed by atoms with van der Waals surface area (Å²) in [4.78, 5) is 0. The van der Waals surface area contributed by atoms with Gasteiger partial charge in [0.1, 0.15) is 0 Å². The van der Waals surface area contributed by atoms with Crippen molar-refractivity contribution < 1.29 is 5.11 Å². The third kappa shape index (κ3) is 3.23. The van der Waals surface area contributed by atoms with Crippen molar-refractivity contribution in [2.75, 3.05) is 0 Å². The van der Waals surface area contributed by atoms with E-state index in [9.17, 15) is 5.11 Å². The van der Waals surface area contributed by atoms with E-state index < -0.39 is 0 Å². The number of hydrogen-bond acceptors (Lipinski definition) is 1. The van der Waals surface area contributed by atoms with Crippen molar-refractivity contribution in [1.82, 2.24) is 0 Å². The lowest BCUT2D eigenvalue weighted by molar-refractivity contribution is 0.131. The third-order valence-electron chi connectivity index (χ3n) is 3.54. The smallest absolute Gasteiger partial charge is 0.0792 e. The number of rotatable bonds is 3. The molecule has 0 amide bonds. The maximum atomic E-state index is 10.1. The molecule has 2 heteroatoms. The zero-order chi connectivity index (χ0) is 11.4. The van der Waals surface area contributed by atoms with E-state index in [0.29, 0.717) is 5.92 Å². The van der Waals surface area contributed by atoms with Gasteiger partial charge in [-0.25, -0.2) is 0 Å². The summed E-state index contributed by atoms with van der Waals surface area (Å²) in [6.07, 6.45) is 7.18. The van der Waals surface area contributed by atoms with Crippen LogP contribution < -0.4 is 0 Å². The molecule has 1 aromatic carbocycles. The van der Waals surface area contributed by atoms with Crippen LogP contribution in [0.15, 0.2) is 24.3 Å². The first kappa shape index (κ1) is 11.9. The van der Waals surface area contributed by atoms with Crippen LogP contribution in [0.5, 0.6) is 0 Å². The minimum Gasteiger partial charge on any atom is -0.388 e. The maximum Gasteiger partial charge on any atom is 0.0792 e. The monoisotopic (exact) mass is 238 g/mol. The van der Waals surface area contributed by atoms with E-state index in [2.05, 4.69) is 0 Å². The first-order valence-electron chi connectivity index (χ1n) is 6.19. The standard InChI is InChI=1S/C14H19ClO/c15-13-8-6-12(7-9-13)14(16)10-11-4-2-1-3-5-11/h6-9,11,14,16H,1-5,10H2. The highest BCUT2D eigenvalue weighted by molar-refractivity contribution is 6.30. The fourth-order valence-corrected chi connectivity index (χ4v) is 2.69.